The maximum atomic E-state index is 9.58. The van der Waals surface area contributed by atoms with Gasteiger partial charge < -0.3 is 9.84 Å². The van der Waals surface area contributed by atoms with E-state index in [1.807, 2.05) is 0 Å². The zero-order chi connectivity index (χ0) is 8.48. The highest BCUT2D eigenvalue weighted by Crippen LogP contribution is 2.48. The quantitative estimate of drug-likeness (QED) is 0.675. The third-order valence-corrected chi connectivity index (χ3v) is 3.34. The van der Waals surface area contributed by atoms with Gasteiger partial charge in [0.25, 0.3) is 0 Å². The van der Waals surface area contributed by atoms with Crippen molar-refractivity contribution in [2.45, 2.75) is 45.3 Å². The van der Waals surface area contributed by atoms with Crippen LogP contribution in [0.15, 0.2) is 0 Å². The minimum atomic E-state index is -0.137. The fraction of sp³-hybridized carbons (Fsp3) is 1.00. The predicted molar refractivity (Wildman–Crippen MR) is 44.4 cm³/mol. The molecule has 11 heavy (non-hydrogen) atoms. The van der Waals surface area contributed by atoms with Crippen molar-refractivity contribution < 1.29 is 9.84 Å². The Bertz CT molecular complexity index is 130. The first-order chi connectivity index (χ1) is 5.21. The summed E-state index contributed by atoms with van der Waals surface area (Å²) in [4.78, 5) is 0. The second kappa shape index (κ2) is 3.11. The standard InChI is InChI=1S/C9H18O2/c1-4-9(5-2)7(10)6-8(9)11-3/h7-8,10H,4-6H2,1-3H3. The minimum absolute atomic E-state index is 0.0642. The average molecular weight is 158 g/mol. The summed E-state index contributed by atoms with van der Waals surface area (Å²) >= 11 is 0. The van der Waals surface area contributed by atoms with Gasteiger partial charge in [-0.3, -0.25) is 0 Å². The lowest BCUT2D eigenvalue weighted by molar-refractivity contribution is -0.184. The third kappa shape index (κ3) is 1.09. The summed E-state index contributed by atoms with van der Waals surface area (Å²) < 4.78 is 5.29. The molecule has 0 aliphatic heterocycles. The van der Waals surface area contributed by atoms with Gasteiger partial charge in [-0.15, -0.1) is 0 Å². The number of rotatable bonds is 3. The second-order valence-corrected chi connectivity index (χ2v) is 3.42. The molecule has 1 fully saturated rings. The first-order valence-electron chi connectivity index (χ1n) is 4.42. The molecule has 2 unspecified atom stereocenters. The number of aliphatic hydroxyl groups is 1. The van der Waals surface area contributed by atoms with Crippen molar-refractivity contribution in [3.8, 4) is 0 Å². The molecule has 0 amide bonds. The third-order valence-electron chi connectivity index (χ3n) is 3.34. The maximum Gasteiger partial charge on any atom is 0.0676 e. The molecule has 0 heterocycles. The smallest absolute Gasteiger partial charge is 0.0676 e. The van der Waals surface area contributed by atoms with E-state index in [2.05, 4.69) is 13.8 Å². The monoisotopic (exact) mass is 158 g/mol. The highest BCUT2D eigenvalue weighted by molar-refractivity contribution is 5.02. The van der Waals surface area contributed by atoms with E-state index >= 15 is 0 Å². The van der Waals surface area contributed by atoms with Gasteiger partial charge in [-0.2, -0.15) is 0 Å². The van der Waals surface area contributed by atoms with Crippen LogP contribution in [0.4, 0.5) is 0 Å². The topological polar surface area (TPSA) is 29.5 Å². The summed E-state index contributed by atoms with van der Waals surface area (Å²) in [6.45, 7) is 4.25. The minimum Gasteiger partial charge on any atom is -0.392 e. The van der Waals surface area contributed by atoms with Crippen LogP contribution in [-0.4, -0.2) is 24.4 Å². The fourth-order valence-corrected chi connectivity index (χ4v) is 2.23. The summed E-state index contributed by atoms with van der Waals surface area (Å²) in [7, 11) is 1.73. The van der Waals surface area contributed by atoms with Crippen LogP contribution < -0.4 is 0 Å². The van der Waals surface area contributed by atoms with Crippen LogP contribution >= 0.6 is 0 Å². The fourth-order valence-electron chi connectivity index (χ4n) is 2.23. The molecule has 1 rings (SSSR count). The van der Waals surface area contributed by atoms with Gasteiger partial charge in [-0.25, -0.2) is 0 Å². The van der Waals surface area contributed by atoms with E-state index in [0.717, 1.165) is 19.3 Å². The molecule has 0 spiro atoms. The molecule has 1 aliphatic carbocycles. The Kier molecular flexibility index (Phi) is 2.55. The van der Waals surface area contributed by atoms with Crippen molar-refractivity contribution in [3.63, 3.8) is 0 Å². The molecule has 0 aromatic rings. The number of methoxy groups -OCH3 is 1. The largest absolute Gasteiger partial charge is 0.392 e. The van der Waals surface area contributed by atoms with Crippen molar-refractivity contribution in [2.75, 3.05) is 7.11 Å². The van der Waals surface area contributed by atoms with Crippen molar-refractivity contribution >= 4 is 0 Å². The Morgan fingerprint density at radius 1 is 1.45 bits per heavy atom. The molecule has 0 radical (unpaired) electrons. The zero-order valence-electron chi connectivity index (χ0n) is 7.63. The summed E-state index contributed by atoms with van der Waals surface area (Å²) in [6.07, 6.45) is 3.00. The van der Waals surface area contributed by atoms with Gasteiger partial charge in [0.2, 0.25) is 0 Å². The van der Waals surface area contributed by atoms with E-state index in [9.17, 15) is 5.11 Å². The van der Waals surface area contributed by atoms with Crippen LogP contribution in [-0.2, 0) is 4.74 Å². The van der Waals surface area contributed by atoms with Gasteiger partial charge in [0, 0.05) is 18.9 Å². The summed E-state index contributed by atoms with van der Waals surface area (Å²) in [6, 6.07) is 0. The lowest BCUT2D eigenvalue weighted by Gasteiger charge is -2.52. The Hall–Kier alpha value is -0.0800. The van der Waals surface area contributed by atoms with Gasteiger partial charge in [0.15, 0.2) is 0 Å². The lowest BCUT2D eigenvalue weighted by atomic mass is 9.60. The number of hydrogen-bond donors (Lipinski definition) is 1. The first kappa shape index (κ1) is 9.01. The van der Waals surface area contributed by atoms with Crippen molar-refractivity contribution in [2.24, 2.45) is 5.41 Å². The summed E-state index contributed by atoms with van der Waals surface area (Å²) in [5.41, 5.74) is 0.0642. The Morgan fingerprint density at radius 3 is 2.18 bits per heavy atom. The van der Waals surface area contributed by atoms with E-state index < -0.39 is 0 Å². The van der Waals surface area contributed by atoms with E-state index in [-0.39, 0.29) is 17.6 Å². The number of aliphatic hydroxyl groups excluding tert-OH is 1. The Balaban J connectivity index is 2.62. The SMILES string of the molecule is CCC1(CC)C(O)CC1OC. The molecule has 0 saturated heterocycles. The van der Waals surface area contributed by atoms with E-state index in [1.165, 1.54) is 0 Å². The molecule has 1 aliphatic rings. The molecular formula is C9H18O2. The lowest BCUT2D eigenvalue weighted by Crippen LogP contribution is -2.57. The molecule has 66 valence electrons. The molecule has 0 bridgehead atoms. The number of hydrogen-bond acceptors (Lipinski definition) is 2. The van der Waals surface area contributed by atoms with Gasteiger partial charge >= 0.3 is 0 Å². The first-order valence-corrected chi connectivity index (χ1v) is 4.42. The van der Waals surface area contributed by atoms with Gasteiger partial charge in [-0.05, 0) is 12.8 Å². The average Bonchev–Trinajstić information content (AvgIpc) is 2.02. The van der Waals surface area contributed by atoms with E-state index in [4.69, 9.17) is 4.74 Å². The van der Waals surface area contributed by atoms with Gasteiger partial charge in [-0.1, -0.05) is 13.8 Å². The molecule has 1 N–H and O–H groups in total. The number of ether oxygens (including phenoxy) is 1. The molecule has 0 aromatic carbocycles. The molecule has 0 aromatic heterocycles. The van der Waals surface area contributed by atoms with Crippen LogP contribution in [0.5, 0.6) is 0 Å². The maximum absolute atomic E-state index is 9.58. The molecule has 2 heteroatoms. The normalized spacial score (nSPS) is 34.9. The Morgan fingerprint density at radius 2 is 2.00 bits per heavy atom. The van der Waals surface area contributed by atoms with Crippen LogP contribution in [0, 0.1) is 5.41 Å². The molecular weight excluding hydrogens is 140 g/mol. The van der Waals surface area contributed by atoms with Crippen molar-refractivity contribution in [1.82, 2.24) is 0 Å². The molecule has 2 atom stereocenters. The van der Waals surface area contributed by atoms with Crippen LogP contribution in [0.2, 0.25) is 0 Å². The predicted octanol–water partition coefficient (Wildman–Crippen LogP) is 1.57. The Labute approximate surface area is 68.6 Å². The van der Waals surface area contributed by atoms with E-state index in [0.29, 0.717) is 0 Å². The van der Waals surface area contributed by atoms with Crippen LogP contribution in [0.1, 0.15) is 33.1 Å². The second-order valence-electron chi connectivity index (χ2n) is 3.42. The van der Waals surface area contributed by atoms with Crippen LogP contribution in [0.25, 0.3) is 0 Å². The van der Waals surface area contributed by atoms with E-state index in [1.54, 1.807) is 7.11 Å². The highest BCUT2D eigenvalue weighted by atomic mass is 16.5. The summed E-state index contributed by atoms with van der Waals surface area (Å²) in [5, 5.41) is 9.58. The van der Waals surface area contributed by atoms with Gasteiger partial charge in [0.05, 0.1) is 12.2 Å². The van der Waals surface area contributed by atoms with Crippen LogP contribution in [0.3, 0.4) is 0 Å². The molecule has 2 nitrogen and oxygen atoms in total. The van der Waals surface area contributed by atoms with Crippen molar-refractivity contribution in [3.05, 3.63) is 0 Å². The van der Waals surface area contributed by atoms with Gasteiger partial charge in [0.1, 0.15) is 0 Å². The molecule has 1 saturated carbocycles. The highest BCUT2D eigenvalue weighted by Gasteiger charge is 2.52. The van der Waals surface area contributed by atoms with Crippen molar-refractivity contribution in [1.29, 1.82) is 0 Å². The summed E-state index contributed by atoms with van der Waals surface area (Å²) in [5.74, 6) is 0. The zero-order valence-corrected chi connectivity index (χ0v) is 7.63.